The van der Waals surface area contributed by atoms with Gasteiger partial charge in [0, 0.05) is 44.8 Å². The number of hydrogen-bond acceptors (Lipinski definition) is 7. The summed E-state index contributed by atoms with van der Waals surface area (Å²) in [6.07, 6.45) is 0. The van der Waals surface area contributed by atoms with Crippen LogP contribution in [0.5, 0.6) is 0 Å². The van der Waals surface area contributed by atoms with Gasteiger partial charge in [0.05, 0.1) is 0 Å². The van der Waals surface area contributed by atoms with Gasteiger partial charge >= 0.3 is 0 Å². The zero-order valence-electron chi connectivity index (χ0n) is 36.3. The van der Waals surface area contributed by atoms with Gasteiger partial charge in [0.25, 0.3) is 0 Å². The normalized spacial score (nSPS) is 11.2. The first-order chi connectivity index (χ1) is 32.5. The van der Waals surface area contributed by atoms with Crippen molar-refractivity contribution in [1.82, 2.24) is 34.9 Å². The second-order valence-electron chi connectivity index (χ2n) is 16.3. The van der Waals surface area contributed by atoms with Gasteiger partial charge in [-0.1, -0.05) is 188 Å². The van der Waals surface area contributed by atoms with Crippen molar-refractivity contribution < 1.29 is 0 Å². The number of rotatable bonds is 9. The van der Waals surface area contributed by atoms with E-state index in [0.717, 1.165) is 83.5 Å². The van der Waals surface area contributed by atoms with E-state index in [0.29, 0.717) is 34.9 Å². The summed E-state index contributed by atoms with van der Waals surface area (Å²) < 4.78 is 0. The Hall–Kier alpha value is -8.81. The van der Waals surface area contributed by atoms with Crippen LogP contribution in [-0.4, -0.2) is 34.9 Å². The van der Waals surface area contributed by atoms with Crippen molar-refractivity contribution in [1.29, 1.82) is 0 Å². The smallest absolute Gasteiger partial charge is 0.164 e. The minimum atomic E-state index is 0.600. The van der Waals surface area contributed by atoms with E-state index in [1.54, 1.807) is 0 Å². The van der Waals surface area contributed by atoms with E-state index >= 15 is 0 Å². The Bertz CT molecular complexity index is 3460. The topological polar surface area (TPSA) is 90.2 Å². The maximum Gasteiger partial charge on any atom is 0.164 e. The lowest BCUT2D eigenvalue weighted by Gasteiger charge is -2.17. The van der Waals surface area contributed by atoms with Gasteiger partial charge in [-0.2, -0.15) is 0 Å². The van der Waals surface area contributed by atoms with Crippen LogP contribution in [0, 0.1) is 13.8 Å². The molecule has 0 N–H and O–H groups in total. The summed E-state index contributed by atoms with van der Waals surface area (Å²) in [7, 11) is 0. The van der Waals surface area contributed by atoms with Gasteiger partial charge < -0.3 is 0 Å². The zero-order chi connectivity index (χ0) is 44.4. The average Bonchev–Trinajstić information content (AvgIpc) is 3.38. The molecule has 3 heterocycles. The van der Waals surface area contributed by atoms with Crippen molar-refractivity contribution >= 4 is 10.8 Å². The molecule has 7 heteroatoms. The highest BCUT2D eigenvalue weighted by molar-refractivity contribution is 5.93. The molecule has 0 saturated heterocycles. The van der Waals surface area contributed by atoms with Gasteiger partial charge in [0.1, 0.15) is 0 Å². The van der Waals surface area contributed by atoms with E-state index < -0.39 is 0 Å². The molecule has 0 bridgehead atoms. The number of pyridine rings is 1. The third kappa shape index (κ3) is 8.13. The molecule has 0 saturated carbocycles. The molecule has 0 atom stereocenters. The van der Waals surface area contributed by atoms with Crippen molar-refractivity contribution in [2.45, 2.75) is 13.8 Å². The minimum Gasteiger partial charge on any atom is -0.258 e. The summed E-state index contributed by atoms with van der Waals surface area (Å²) in [5, 5.41) is 2.30. The fraction of sp³-hybridized carbons (Fsp3) is 0.0339. The SMILES string of the molecule is Cc1cc(-c2cc(-c3ccc(-c4nc(-c5ccccc5)nc(-c5ccc6ccccc6c5)n4)cc3)ccc2-c2ccccc2-c2nc(-c3ccccc3)nc(-c3ccccc3)n2)cc(C)n1. The van der Waals surface area contributed by atoms with Crippen LogP contribution in [0.25, 0.3) is 112 Å². The molecule has 11 rings (SSSR count). The van der Waals surface area contributed by atoms with Crippen LogP contribution in [0.15, 0.2) is 212 Å². The third-order valence-electron chi connectivity index (χ3n) is 11.7. The molecule has 0 unspecified atom stereocenters. The van der Waals surface area contributed by atoms with Gasteiger partial charge in [-0.05, 0) is 82.3 Å². The van der Waals surface area contributed by atoms with Crippen molar-refractivity contribution in [2.75, 3.05) is 0 Å². The number of aromatic nitrogens is 7. The van der Waals surface area contributed by atoms with E-state index in [2.05, 4.69) is 115 Å². The lowest BCUT2D eigenvalue weighted by atomic mass is 9.88. The highest BCUT2D eigenvalue weighted by Crippen LogP contribution is 2.41. The first kappa shape index (κ1) is 40.0. The van der Waals surface area contributed by atoms with Crippen LogP contribution in [0.4, 0.5) is 0 Å². The summed E-state index contributed by atoms with van der Waals surface area (Å²) in [4.78, 5) is 35.0. The van der Waals surface area contributed by atoms with Crippen molar-refractivity contribution in [3.8, 4) is 102 Å². The van der Waals surface area contributed by atoms with Crippen LogP contribution in [-0.2, 0) is 0 Å². The van der Waals surface area contributed by atoms with Crippen molar-refractivity contribution in [2.24, 2.45) is 0 Å². The predicted molar refractivity (Wildman–Crippen MR) is 267 cm³/mol. The molecule has 3 aromatic heterocycles. The number of hydrogen-bond donors (Lipinski definition) is 0. The third-order valence-corrected chi connectivity index (χ3v) is 11.7. The van der Waals surface area contributed by atoms with Crippen LogP contribution in [0.1, 0.15) is 11.4 Å². The van der Waals surface area contributed by atoms with Gasteiger partial charge in [-0.15, -0.1) is 0 Å². The first-order valence-electron chi connectivity index (χ1n) is 22.0. The highest BCUT2D eigenvalue weighted by Gasteiger charge is 2.20. The molecule has 11 aromatic rings. The molecule has 7 nitrogen and oxygen atoms in total. The van der Waals surface area contributed by atoms with E-state index in [-0.39, 0.29) is 0 Å². The predicted octanol–water partition coefficient (Wildman–Crippen LogP) is 14.2. The van der Waals surface area contributed by atoms with Crippen LogP contribution in [0.2, 0.25) is 0 Å². The number of benzene rings is 8. The fourth-order valence-corrected chi connectivity index (χ4v) is 8.52. The first-order valence-corrected chi connectivity index (χ1v) is 22.0. The number of fused-ring (bicyclic) bond motifs is 1. The monoisotopic (exact) mass is 847 g/mol. The second kappa shape index (κ2) is 17.4. The second-order valence-corrected chi connectivity index (χ2v) is 16.3. The van der Waals surface area contributed by atoms with E-state index in [9.17, 15) is 0 Å². The Balaban J connectivity index is 1.01. The molecule has 0 amide bonds. The summed E-state index contributed by atoms with van der Waals surface area (Å²) >= 11 is 0. The van der Waals surface area contributed by atoms with Gasteiger partial charge in [0.2, 0.25) is 0 Å². The average molecular weight is 848 g/mol. The number of nitrogens with zero attached hydrogens (tertiary/aromatic N) is 7. The van der Waals surface area contributed by atoms with Crippen LogP contribution >= 0.6 is 0 Å². The minimum absolute atomic E-state index is 0.600. The summed E-state index contributed by atoms with van der Waals surface area (Å²) in [6.45, 7) is 4.09. The molecule has 0 spiro atoms. The highest BCUT2D eigenvalue weighted by atomic mass is 15.0. The van der Waals surface area contributed by atoms with Gasteiger partial charge in [-0.3, -0.25) is 4.98 Å². The molecule has 66 heavy (non-hydrogen) atoms. The van der Waals surface area contributed by atoms with Crippen LogP contribution < -0.4 is 0 Å². The van der Waals surface area contributed by atoms with Crippen LogP contribution in [0.3, 0.4) is 0 Å². The molecule has 0 radical (unpaired) electrons. The lowest BCUT2D eigenvalue weighted by Crippen LogP contribution is -2.01. The zero-order valence-corrected chi connectivity index (χ0v) is 36.3. The molecule has 8 aromatic carbocycles. The van der Waals surface area contributed by atoms with Crippen molar-refractivity contribution in [3.05, 3.63) is 224 Å². The summed E-state index contributed by atoms with van der Waals surface area (Å²) in [6, 6.07) is 72.8. The van der Waals surface area contributed by atoms with E-state index in [1.807, 2.05) is 111 Å². The van der Waals surface area contributed by atoms with Gasteiger partial charge in [-0.25, -0.2) is 29.9 Å². The van der Waals surface area contributed by atoms with E-state index in [1.165, 1.54) is 5.39 Å². The Morgan fingerprint density at radius 3 is 1.17 bits per heavy atom. The molecule has 0 fully saturated rings. The largest absolute Gasteiger partial charge is 0.258 e. The molecular formula is C59H41N7. The molecule has 312 valence electrons. The van der Waals surface area contributed by atoms with Crippen molar-refractivity contribution in [3.63, 3.8) is 0 Å². The lowest BCUT2D eigenvalue weighted by molar-refractivity contribution is 1.07. The van der Waals surface area contributed by atoms with E-state index in [4.69, 9.17) is 34.9 Å². The fourth-order valence-electron chi connectivity index (χ4n) is 8.52. The Morgan fingerprint density at radius 1 is 0.212 bits per heavy atom. The number of aryl methyl sites for hydroxylation is 2. The molecule has 0 aliphatic carbocycles. The molecule has 0 aliphatic rings. The summed E-state index contributed by atoms with van der Waals surface area (Å²) in [5.74, 6) is 3.70. The Labute approximate surface area is 383 Å². The summed E-state index contributed by atoms with van der Waals surface area (Å²) in [5.41, 5.74) is 13.8. The maximum atomic E-state index is 5.13. The quantitative estimate of drug-likeness (QED) is 0.143. The molecular weight excluding hydrogens is 807 g/mol. The standard InChI is InChI=1S/C59H41N7/c1-38-34-49(35-39(2)60-38)53-37-47(32-33-51(53)50-24-14-15-25-52(50)59-65-55(43-19-8-4-9-20-43)62-56(66-59)44-21-10-5-11-22-44)41-26-29-45(30-27-41)57-61-54(42-17-6-3-7-18-42)63-58(64-57)48-31-28-40-16-12-13-23-46(40)36-48/h3-37H,1-2H3. The molecule has 0 aliphatic heterocycles. The maximum absolute atomic E-state index is 5.13. The van der Waals surface area contributed by atoms with Gasteiger partial charge in [0.15, 0.2) is 34.9 Å². The Morgan fingerprint density at radius 2 is 0.606 bits per heavy atom. The Kier molecular flexibility index (Phi) is 10.5.